The van der Waals surface area contributed by atoms with Crippen LogP contribution in [-0.4, -0.2) is 28.4 Å². The van der Waals surface area contributed by atoms with Gasteiger partial charge in [0.05, 0.1) is 4.90 Å². The van der Waals surface area contributed by atoms with E-state index in [1.54, 1.807) is 19.1 Å². The van der Waals surface area contributed by atoms with Crippen molar-refractivity contribution in [2.24, 2.45) is 0 Å². The van der Waals surface area contributed by atoms with Crippen molar-refractivity contribution in [1.82, 2.24) is 0 Å². The normalized spacial score (nSPS) is 11.9. The van der Waals surface area contributed by atoms with Gasteiger partial charge >= 0.3 is 10.1 Å². The molecule has 0 aliphatic carbocycles. The molecule has 0 atom stereocenters. The van der Waals surface area contributed by atoms with Crippen LogP contribution in [0.4, 0.5) is 0 Å². The van der Waals surface area contributed by atoms with Gasteiger partial charge in [-0.3, -0.25) is 4.79 Å². The van der Waals surface area contributed by atoms with Gasteiger partial charge in [0.1, 0.15) is 22.2 Å². The van der Waals surface area contributed by atoms with E-state index in [4.69, 9.17) is 4.18 Å². The molecule has 0 aliphatic rings. The van der Waals surface area contributed by atoms with Gasteiger partial charge in [-0.1, -0.05) is 24.6 Å². The fraction of sp³-hybridized carbons (Fsp3) is 0.235. The highest BCUT2D eigenvalue weighted by Gasteiger charge is 2.20. The van der Waals surface area contributed by atoms with Gasteiger partial charge in [-0.2, -0.15) is 8.42 Å². The Balaban J connectivity index is 2.20. The molecule has 0 bridgehead atoms. The van der Waals surface area contributed by atoms with Crippen LogP contribution in [0.2, 0.25) is 0 Å². The van der Waals surface area contributed by atoms with E-state index >= 15 is 0 Å². The van der Waals surface area contributed by atoms with E-state index in [-0.39, 0.29) is 27.7 Å². The average Bonchev–Trinajstić information content (AvgIpc) is 2.55. The van der Waals surface area contributed by atoms with Gasteiger partial charge in [-0.15, -0.1) is 0 Å². The summed E-state index contributed by atoms with van der Waals surface area (Å²) in [7, 11) is -7.75. The largest absolute Gasteiger partial charge is 0.379 e. The molecule has 0 radical (unpaired) electrons. The first-order chi connectivity index (χ1) is 11.6. The van der Waals surface area contributed by atoms with Crippen molar-refractivity contribution >= 4 is 25.7 Å². The molecule has 0 spiro atoms. The van der Waals surface area contributed by atoms with Crippen molar-refractivity contribution < 1.29 is 25.8 Å². The lowest BCUT2D eigenvalue weighted by Crippen LogP contribution is -2.15. The monoisotopic (exact) mass is 382 g/mol. The number of benzene rings is 2. The summed E-state index contributed by atoms with van der Waals surface area (Å²) in [5.41, 5.74) is 0.912. The van der Waals surface area contributed by atoms with Crippen LogP contribution in [0.3, 0.4) is 0 Å². The number of rotatable bonds is 7. The predicted molar refractivity (Wildman–Crippen MR) is 92.8 cm³/mol. The summed E-state index contributed by atoms with van der Waals surface area (Å²) in [5, 5.41) is 0. The second-order valence-electron chi connectivity index (χ2n) is 5.47. The summed E-state index contributed by atoms with van der Waals surface area (Å²) in [6, 6.07) is 11.1. The quantitative estimate of drug-likeness (QED) is 0.683. The molecule has 0 fully saturated rings. The molecule has 0 heterocycles. The van der Waals surface area contributed by atoms with E-state index in [1.165, 1.54) is 36.4 Å². The Morgan fingerprint density at radius 3 is 1.92 bits per heavy atom. The molecule has 2 rings (SSSR count). The minimum Gasteiger partial charge on any atom is -0.379 e. The number of hydrogen-bond donors (Lipinski definition) is 0. The van der Waals surface area contributed by atoms with Crippen molar-refractivity contribution in [3.63, 3.8) is 0 Å². The number of hydrogen-bond acceptors (Lipinski definition) is 6. The summed E-state index contributed by atoms with van der Waals surface area (Å²) >= 11 is 0. The van der Waals surface area contributed by atoms with Crippen molar-refractivity contribution in [1.29, 1.82) is 0 Å². The summed E-state index contributed by atoms with van der Waals surface area (Å²) in [4.78, 5) is 11.3. The number of carbonyl (C=O) groups is 1. The molecule has 8 heteroatoms. The first-order valence-electron chi connectivity index (χ1n) is 7.50. The molecule has 0 saturated heterocycles. The van der Waals surface area contributed by atoms with Gasteiger partial charge in [0.15, 0.2) is 9.84 Å². The number of ketones is 1. The Morgan fingerprint density at radius 1 is 0.880 bits per heavy atom. The lowest BCUT2D eigenvalue weighted by Gasteiger charge is -2.08. The second kappa shape index (κ2) is 7.37. The summed E-state index contributed by atoms with van der Waals surface area (Å²) in [6.07, 6.45) is 0.134. The minimum absolute atomic E-state index is 0.00309. The minimum atomic E-state index is -4.00. The van der Waals surface area contributed by atoms with E-state index in [0.29, 0.717) is 0 Å². The van der Waals surface area contributed by atoms with Crippen molar-refractivity contribution in [2.45, 2.75) is 30.1 Å². The predicted octanol–water partition coefficient (Wildman–Crippen LogP) is 2.52. The van der Waals surface area contributed by atoms with Crippen LogP contribution in [-0.2, 0) is 24.7 Å². The standard InChI is InChI=1S/C17H18O6S2/c1-3-14(18)12-24(19,20)16-10-6-15(7-11-16)23-25(21,22)17-8-4-13(2)5-9-17/h4-11H,3,12H2,1-2H3. The van der Waals surface area contributed by atoms with Crippen LogP contribution in [0.25, 0.3) is 0 Å². The maximum Gasteiger partial charge on any atom is 0.339 e. The maximum absolute atomic E-state index is 12.2. The molecule has 0 aromatic heterocycles. The van der Waals surface area contributed by atoms with Gasteiger partial charge in [0, 0.05) is 6.42 Å². The fourth-order valence-electron chi connectivity index (χ4n) is 1.98. The van der Waals surface area contributed by atoms with Crippen molar-refractivity contribution in [2.75, 3.05) is 5.75 Å². The molecule has 0 amide bonds. The van der Waals surface area contributed by atoms with Gasteiger partial charge in [-0.25, -0.2) is 8.42 Å². The Hall–Kier alpha value is -2.19. The van der Waals surface area contributed by atoms with E-state index in [1.807, 2.05) is 6.92 Å². The summed E-state index contributed by atoms with van der Waals surface area (Å²) < 4.78 is 53.5. The van der Waals surface area contributed by atoms with E-state index in [9.17, 15) is 21.6 Å². The molecule has 6 nitrogen and oxygen atoms in total. The lowest BCUT2D eigenvalue weighted by molar-refractivity contribution is -0.116. The van der Waals surface area contributed by atoms with Gasteiger partial charge in [0.25, 0.3) is 0 Å². The average molecular weight is 382 g/mol. The molecule has 0 unspecified atom stereocenters. The van der Waals surface area contributed by atoms with Crippen LogP contribution in [0.5, 0.6) is 5.75 Å². The van der Waals surface area contributed by atoms with Gasteiger partial charge in [-0.05, 0) is 43.3 Å². The van der Waals surface area contributed by atoms with Crippen LogP contribution < -0.4 is 4.18 Å². The smallest absolute Gasteiger partial charge is 0.339 e. The van der Waals surface area contributed by atoms with E-state index < -0.39 is 25.7 Å². The molecular formula is C17H18O6S2. The fourth-order valence-corrected chi connectivity index (χ4v) is 4.26. The first-order valence-corrected chi connectivity index (χ1v) is 10.6. The lowest BCUT2D eigenvalue weighted by atomic mass is 10.2. The molecular weight excluding hydrogens is 364 g/mol. The van der Waals surface area contributed by atoms with Crippen molar-refractivity contribution in [3.8, 4) is 5.75 Å². The highest BCUT2D eigenvalue weighted by Crippen LogP contribution is 2.21. The van der Waals surface area contributed by atoms with Crippen molar-refractivity contribution in [3.05, 3.63) is 54.1 Å². The number of sulfone groups is 1. The molecule has 0 N–H and O–H groups in total. The number of carbonyl (C=O) groups excluding carboxylic acids is 1. The van der Waals surface area contributed by atoms with E-state index in [0.717, 1.165) is 5.56 Å². The van der Waals surface area contributed by atoms with Crippen LogP contribution in [0, 0.1) is 6.92 Å². The van der Waals surface area contributed by atoms with Crippen LogP contribution in [0.15, 0.2) is 58.3 Å². The molecule has 2 aromatic rings. The highest BCUT2D eigenvalue weighted by atomic mass is 32.2. The first kappa shape index (κ1) is 19.1. The third-order valence-electron chi connectivity index (χ3n) is 3.44. The van der Waals surface area contributed by atoms with Gasteiger partial charge in [0.2, 0.25) is 0 Å². The van der Waals surface area contributed by atoms with Gasteiger partial charge < -0.3 is 4.18 Å². The zero-order chi connectivity index (χ0) is 18.7. The number of aryl methyl sites for hydroxylation is 1. The zero-order valence-electron chi connectivity index (χ0n) is 13.8. The molecule has 134 valence electrons. The Bertz CT molecular complexity index is 957. The Kier molecular flexibility index (Phi) is 5.64. The zero-order valence-corrected chi connectivity index (χ0v) is 15.4. The third kappa shape index (κ3) is 4.90. The van der Waals surface area contributed by atoms with Crippen LogP contribution in [0.1, 0.15) is 18.9 Å². The summed E-state index contributed by atoms with van der Waals surface area (Å²) in [5.74, 6) is -0.977. The Labute approximate surface area is 147 Å². The van der Waals surface area contributed by atoms with E-state index in [2.05, 4.69) is 0 Å². The molecule has 2 aromatic carbocycles. The highest BCUT2D eigenvalue weighted by molar-refractivity contribution is 7.92. The topological polar surface area (TPSA) is 94.6 Å². The molecule has 0 aliphatic heterocycles. The SMILES string of the molecule is CCC(=O)CS(=O)(=O)c1ccc(OS(=O)(=O)c2ccc(C)cc2)cc1. The molecule has 25 heavy (non-hydrogen) atoms. The maximum atomic E-state index is 12.2. The third-order valence-corrected chi connectivity index (χ3v) is 6.40. The number of Topliss-reactive ketones (excluding diaryl/α,β-unsaturated/α-hetero) is 1. The second-order valence-corrected chi connectivity index (χ2v) is 9.01. The Morgan fingerprint density at radius 2 is 1.40 bits per heavy atom. The molecule has 0 saturated carbocycles. The van der Waals surface area contributed by atoms with Crippen LogP contribution >= 0.6 is 0 Å². The summed E-state index contributed by atoms with van der Waals surface area (Å²) in [6.45, 7) is 3.42.